The molecule has 1 unspecified atom stereocenters. The Morgan fingerprint density at radius 1 is 1.56 bits per heavy atom. The average Bonchev–Trinajstić information content (AvgIpc) is 3.13. The minimum absolute atomic E-state index is 0.194. The fourth-order valence-corrected chi connectivity index (χ4v) is 2.49. The first-order chi connectivity index (χ1) is 8.56. The van der Waals surface area contributed by atoms with Gasteiger partial charge < -0.3 is 10.6 Å². The molecule has 0 saturated heterocycles. The van der Waals surface area contributed by atoms with E-state index in [2.05, 4.69) is 0 Å². The van der Waals surface area contributed by atoms with Crippen molar-refractivity contribution >= 4 is 11.4 Å². The van der Waals surface area contributed by atoms with E-state index >= 15 is 0 Å². The van der Waals surface area contributed by atoms with Gasteiger partial charge in [-0.1, -0.05) is 12.1 Å². The summed E-state index contributed by atoms with van der Waals surface area (Å²) in [5.74, 6) is 0.583. The van der Waals surface area contributed by atoms with Crippen LogP contribution in [-0.4, -0.2) is 24.6 Å². The molecule has 5 nitrogen and oxygen atoms in total. The van der Waals surface area contributed by atoms with Gasteiger partial charge in [0, 0.05) is 25.2 Å². The molecule has 1 saturated carbocycles. The van der Waals surface area contributed by atoms with Crippen molar-refractivity contribution in [1.82, 2.24) is 0 Å². The zero-order valence-electron chi connectivity index (χ0n) is 10.8. The van der Waals surface area contributed by atoms with E-state index in [4.69, 9.17) is 5.73 Å². The average molecular weight is 249 g/mol. The Kier molecular flexibility index (Phi) is 3.52. The lowest BCUT2D eigenvalue weighted by Gasteiger charge is -2.29. The van der Waals surface area contributed by atoms with Crippen LogP contribution in [-0.2, 0) is 0 Å². The topological polar surface area (TPSA) is 72.4 Å². The normalized spacial score (nSPS) is 16.4. The summed E-state index contributed by atoms with van der Waals surface area (Å²) >= 11 is 0. The fraction of sp³-hybridized carbons (Fsp3) is 0.538. The van der Waals surface area contributed by atoms with Crippen LogP contribution >= 0.6 is 0 Å². The molecule has 0 aromatic heterocycles. The highest BCUT2D eigenvalue weighted by atomic mass is 16.6. The first-order valence-corrected chi connectivity index (χ1v) is 6.23. The fourth-order valence-electron chi connectivity index (χ4n) is 2.49. The lowest BCUT2D eigenvalue weighted by molar-refractivity contribution is -0.384. The van der Waals surface area contributed by atoms with Crippen LogP contribution in [0.4, 0.5) is 11.4 Å². The first-order valence-electron chi connectivity index (χ1n) is 6.23. The van der Waals surface area contributed by atoms with E-state index in [9.17, 15) is 10.1 Å². The largest absolute Gasteiger partial charge is 0.365 e. The summed E-state index contributed by atoms with van der Waals surface area (Å²) in [4.78, 5) is 12.9. The predicted molar refractivity (Wildman–Crippen MR) is 71.8 cm³/mol. The second-order valence-electron chi connectivity index (χ2n) is 4.95. The Labute approximate surface area is 107 Å². The molecule has 1 fully saturated rings. The third kappa shape index (κ3) is 2.31. The Bertz CT molecular complexity index is 458. The summed E-state index contributed by atoms with van der Waals surface area (Å²) in [7, 11) is 1.90. The Balaban J connectivity index is 2.37. The van der Waals surface area contributed by atoms with Gasteiger partial charge in [-0.2, -0.15) is 0 Å². The van der Waals surface area contributed by atoms with Gasteiger partial charge in [0.1, 0.15) is 5.69 Å². The number of nitro groups is 1. The van der Waals surface area contributed by atoms with Gasteiger partial charge in [-0.15, -0.1) is 0 Å². The minimum atomic E-state index is -0.304. The number of benzene rings is 1. The molecule has 5 heteroatoms. The zero-order valence-corrected chi connectivity index (χ0v) is 10.8. The zero-order chi connectivity index (χ0) is 13.3. The number of anilines is 1. The first kappa shape index (κ1) is 12.8. The summed E-state index contributed by atoms with van der Waals surface area (Å²) in [5, 5.41) is 11.2. The molecule has 0 radical (unpaired) electrons. The third-order valence-electron chi connectivity index (χ3n) is 3.68. The third-order valence-corrected chi connectivity index (χ3v) is 3.68. The van der Waals surface area contributed by atoms with E-state index < -0.39 is 0 Å². The van der Waals surface area contributed by atoms with Gasteiger partial charge in [-0.05, 0) is 31.7 Å². The van der Waals surface area contributed by atoms with E-state index in [1.165, 1.54) is 12.8 Å². The predicted octanol–water partition coefficient (Wildman–Crippen LogP) is 2.08. The van der Waals surface area contributed by atoms with Crippen molar-refractivity contribution in [2.75, 3.05) is 18.5 Å². The number of hydrogen-bond acceptors (Lipinski definition) is 4. The quantitative estimate of drug-likeness (QED) is 0.640. The summed E-state index contributed by atoms with van der Waals surface area (Å²) in [6.45, 7) is 2.30. The van der Waals surface area contributed by atoms with Crippen LogP contribution in [0.15, 0.2) is 18.2 Å². The van der Waals surface area contributed by atoms with Crippen molar-refractivity contribution in [2.45, 2.75) is 25.8 Å². The van der Waals surface area contributed by atoms with Crippen LogP contribution in [0.25, 0.3) is 0 Å². The number of hydrogen-bond donors (Lipinski definition) is 1. The number of nitrogens with two attached hydrogens (primary N) is 1. The summed E-state index contributed by atoms with van der Waals surface area (Å²) in [6, 6.07) is 5.62. The highest BCUT2D eigenvalue weighted by Gasteiger charge is 2.35. The lowest BCUT2D eigenvalue weighted by Crippen LogP contribution is -2.40. The van der Waals surface area contributed by atoms with Crippen molar-refractivity contribution in [2.24, 2.45) is 11.7 Å². The second-order valence-corrected chi connectivity index (χ2v) is 4.95. The van der Waals surface area contributed by atoms with Crippen molar-refractivity contribution in [3.8, 4) is 0 Å². The molecule has 1 aliphatic rings. The molecule has 0 heterocycles. The van der Waals surface area contributed by atoms with Crippen LogP contribution < -0.4 is 10.6 Å². The van der Waals surface area contributed by atoms with Gasteiger partial charge in [-0.3, -0.25) is 10.1 Å². The van der Waals surface area contributed by atoms with Gasteiger partial charge in [0.25, 0.3) is 5.69 Å². The molecule has 0 amide bonds. The molecule has 18 heavy (non-hydrogen) atoms. The Morgan fingerprint density at radius 3 is 2.72 bits per heavy atom. The Morgan fingerprint density at radius 2 is 2.22 bits per heavy atom. The minimum Gasteiger partial charge on any atom is -0.365 e. The molecule has 1 aliphatic carbocycles. The molecular formula is C13H19N3O2. The molecule has 98 valence electrons. The van der Waals surface area contributed by atoms with Crippen LogP contribution in [0.3, 0.4) is 0 Å². The maximum atomic E-state index is 11.2. The smallest absolute Gasteiger partial charge is 0.295 e. The number of nitro benzene ring substituents is 1. The SMILES string of the molecule is Cc1cccc(N(C)C(CN)C2CC2)c1[N+](=O)[O-]. The van der Waals surface area contributed by atoms with Crippen LogP contribution in [0.2, 0.25) is 0 Å². The number of para-hydroxylation sites is 1. The van der Waals surface area contributed by atoms with Crippen molar-refractivity contribution in [1.29, 1.82) is 0 Å². The van der Waals surface area contributed by atoms with Crippen LogP contribution in [0, 0.1) is 23.0 Å². The molecule has 0 bridgehead atoms. The maximum Gasteiger partial charge on any atom is 0.295 e. The summed E-state index contributed by atoms with van der Waals surface area (Å²) in [6.07, 6.45) is 2.34. The van der Waals surface area contributed by atoms with Gasteiger partial charge in [0.05, 0.1) is 4.92 Å². The van der Waals surface area contributed by atoms with Crippen molar-refractivity contribution < 1.29 is 4.92 Å². The van der Waals surface area contributed by atoms with E-state index in [0.717, 1.165) is 0 Å². The van der Waals surface area contributed by atoms with Gasteiger partial charge in [0.2, 0.25) is 0 Å². The molecule has 2 N–H and O–H groups in total. The standard InChI is InChI=1S/C13H19N3O2/c1-9-4-3-5-11(13(9)16(17)18)15(2)12(8-14)10-6-7-10/h3-5,10,12H,6-8,14H2,1-2H3. The molecule has 2 rings (SSSR count). The van der Waals surface area contributed by atoms with E-state index in [1.54, 1.807) is 19.1 Å². The van der Waals surface area contributed by atoms with Gasteiger partial charge in [-0.25, -0.2) is 0 Å². The highest BCUT2D eigenvalue weighted by Crippen LogP contribution is 2.39. The van der Waals surface area contributed by atoms with E-state index in [1.807, 2.05) is 18.0 Å². The lowest BCUT2D eigenvalue weighted by atomic mass is 10.1. The summed E-state index contributed by atoms with van der Waals surface area (Å²) < 4.78 is 0. The van der Waals surface area contributed by atoms with E-state index in [0.29, 0.717) is 23.7 Å². The van der Waals surface area contributed by atoms with Gasteiger partial charge in [0.15, 0.2) is 0 Å². The number of rotatable bonds is 5. The number of likely N-dealkylation sites (N-methyl/N-ethyl adjacent to an activating group) is 1. The van der Waals surface area contributed by atoms with Crippen LogP contribution in [0.5, 0.6) is 0 Å². The van der Waals surface area contributed by atoms with Crippen LogP contribution in [0.1, 0.15) is 18.4 Å². The molecule has 0 spiro atoms. The summed E-state index contributed by atoms with van der Waals surface area (Å²) in [5.41, 5.74) is 7.36. The Hall–Kier alpha value is -1.62. The molecular weight excluding hydrogens is 230 g/mol. The molecule has 1 aromatic rings. The molecule has 1 atom stereocenters. The number of nitrogens with zero attached hydrogens (tertiary/aromatic N) is 2. The highest BCUT2D eigenvalue weighted by molar-refractivity contribution is 5.66. The molecule has 1 aromatic carbocycles. The number of aryl methyl sites for hydroxylation is 1. The van der Waals surface area contributed by atoms with E-state index in [-0.39, 0.29) is 16.7 Å². The molecule has 0 aliphatic heterocycles. The monoisotopic (exact) mass is 249 g/mol. The van der Waals surface area contributed by atoms with Gasteiger partial charge >= 0.3 is 0 Å². The van der Waals surface area contributed by atoms with Crippen molar-refractivity contribution in [3.63, 3.8) is 0 Å². The maximum absolute atomic E-state index is 11.2. The second kappa shape index (κ2) is 4.94. The van der Waals surface area contributed by atoms with Crippen molar-refractivity contribution in [3.05, 3.63) is 33.9 Å².